The minimum atomic E-state index is -0.883. The van der Waals surface area contributed by atoms with Gasteiger partial charge < -0.3 is 9.67 Å². The predicted molar refractivity (Wildman–Crippen MR) is 86.4 cm³/mol. The molecular formula is C18H17NO2. The third-order valence-electron chi connectivity index (χ3n) is 3.83. The number of hydrogen-bond acceptors (Lipinski definition) is 1. The van der Waals surface area contributed by atoms with E-state index in [1.54, 1.807) is 13.0 Å². The number of hydrogen-bond donors (Lipinski definition) is 1. The van der Waals surface area contributed by atoms with E-state index in [9.17, 15) is 4.79 Å². The molecule has 0 spiro atoms. The molecule has 0 unspecified atom stereocenters. The predicted octanol–water partition coefficient (Wildman–Crippen LogP) is 4.30. The summed E-state index contributed by atoms with van der Waals surface area (Å²) in [7, 11) is 0. The van der Waals surface area contributed by atoms with E-state index >= 15 is 0 Å². The van der Waals surface area contributed by atoms with Gasteiger partial charge in [0.1, 0.15) is 0 Å². The maximum Gasteiger partial charge on any atom is 0.331 e. The number of nitrogens with zero attached hydrogens (tertiary/aromatic N) is 1. The van der Waals surface area contributed by atoms with Gasteiger partial charge in [0, 0.05) is 33.9 Å². The molecule has 0 aliphatic rings. The van der Waals surface area contributed by atoms with Crippen molar-refractivity contribution >= 4 is 33.9 Å². The van der Waals surface area contributed by atoms with Crippen molar-refractivity contribution < 1.29 is 9.90 Å². The lowest BCUT2D eigenvalue weighted by molar-refractivity contribution is -0.132. The molecule has 21 heavy (non-hydrogen) atoms. The van der Waals surface area contributed by atoms with E-state index in [0.29, 0.717) is 5.57 Å². The molecule has 0 bridgehead atoms. The number of carboxylic acids is 1. The van der Waals surface area contributed by atoms with Crippen molar-refractivity contribution in [3.63, 3.8) is 0 Å². The van der Waals surface area contributed by atoms with Crippen molar-refractivity contribution in [3.8, 4) is 0 Å². The monoisotopic (exact) mass is 279 g/mol. The Bertz CT molecular complexity index is 871. The van der Waals surface area contributed by atoms with Crippen LogP contribution in [0, 0.1) is 0 Å². The molecule has 3 aromatic rings. The summed E-state index contributed by atoms with van der Waals surface area (Å²) in [6.07, 6.45) is 1.71. The molecule has 106 valence electrons. The Morgan fingerprint density at radius 1 is 1.14 bits per heavy atom. The number of rotatable bonds is 3. The first-order valence-corrected chi connectivity index (χ1v) is 7.04. The van der Waals surface area contributed by atoms with Crippen molar-refractivity contribution in [2.75, 3.05) is 0 Å². The summed E-state index contributed by atoms with van der Waals surface area (Å²) in [5.74, 6) is -0.883. The first kappa shape index (κ1) is 13.4. The first-order chi connectivity index (χ1) is 10.1. The fourth-order valence-corrected chi connectivity index (χ4v) is 2.81. The van der Waals surface area contributed by atoms with Crippen molar-refractivity contribution in [2.45, 2.75) is 20.4 Å². The topological polar surface area (TPSA) is 42.2 Å². The maximum atomic E-state index is 11.0. The molecular weight excluding hydrogens is 262 g/mol. The van der Waals surface area contributed by atoms with Crippen LogP contribution in [0.5, 0.6) is 0 Å². The number of carbonyl (C=O) groups is 1. The van der Waals surface area contributed by atoms with Crippen molar-refractivity contribution in [3.05, 3.63) is 53.6 Å². The highest BCUT2D eigenvalue weighted by Gasteiger charge is 2.09. The van der Waals surface area contributed by atoms with Crippen LogP contribution < -0.4 is 0 Å². The zero-order chi connectivity index (χ0) is 15.0. The van der Waals surface area contributed by atoms with Gasteiger partial charge >= 0.3 is 5.97 Å². The molecule has 1 aromatic heterocycles. The first-order valence-electron chi connectivity index (χ1n) is 7.04. The highest BCUT2D eigenvalue weighted by atomic mass is 16.4. The van der Waals surface area contributed by atoms with Crippen LogP contribution in [0.4, 0.5) is 0 Å². The fraction of sp³-hybridized carbons (Fsp3) is 0.167. The highest BCUT2D eigenvalue weighted by molar-refractivity contribution is 6.08. The molecule has 1 heterocycles. The summed E-state index contributed by atoms with van der Waals surface area (Å²) in [6.45, 7) is 4.66. The Balaban J connectivity index is 2.29. The summed E-state index contributed by atoms with van der Waals surface area (Å²) in [5, 5.41) is 11.4. The van der Waals surface area contributed by atoms with Gasteiger partial charge in [0.15, 0.2) is 0 Å². The average Bonchev–Trinajstić information content (AvgIpc) is 2.80. The lowest BCUT2D eigenvalue weighted by Crippen LogP contribution is -1.95. The molecule has 0 atom stereocenters. The van der Waals surface area contributed by atoms with Gasteiger partial charge in [-0.25, -0.2) is 4.79 Å². The van der Waals surface area contributed by atoms with Gasteiger partial charge in [-0.2, -0.15) is 0 Å². The molecule has 2 aromatic carbocycles. The van der Waals surface area contributed by atoms with Gasteiger partial charge in [0.25, 0.3) is 0 Å². The summed E-state index contributed by atoms with van der Waals surface area (Å²) in [5.41, 5.74) is 3.66. The van der Waals surface area contributed by atoms with Gasteiger partial charge in [-0.05, 0) is 43.7 Å². The number of aromatic nitrogens is 1. The zero-order valence-electron chi connectivity index (χ0n) is 12.1. The third-order valence-corrected chi connectivity index (χ3v) is 3.83. The summed E-state index contributed by atoms with van der Waals surface area (Å²) < 4.78 is 2.28. The Labute approximate surface area is 123 Å². The molecule has 0 aliphatic heterocycles. The van der Waals surface area contributed by atoms with E-state index < -0.39 is 5.97 Å². The van der Waals surface area contributed by atoms with Crippen LogP contribution in [0.25, 0.3) is 27.9 Å². The van der Waals surface area contributed by atoms with Crippen LogP contribution in [0.2, 0.25) is 0 Å². The van der Waals surface area contributed by atoms with Crippen LogP contribution in [0.3, 0.4) is 0 Å². The molecule has 3 rings (SSSR count). The zero-order valence-corrected chi connectivity index (χ0v) is 12.1. The van der Waals surface area contributed by atoms with E-state index in [0.717, 1.165) is 12.1 Å². The third kappa shape index (κ3) is 2.21. The van der Waals surface area contributed by atoms with Gasteiger partial charge in [-0.15, -0.1) is 0 Å². The highest BCUT2D eigenvalue weighted by Crippen LogP contribution is 2.30. The standard InChI is InChI=1S/C18H17NO2/c1-3-19-16-7-5-4-6-14(16)15-11-13(8-9-17(15)19)10-12(2)18(20)21/h4-11H,3H2,1-2H3,(H,20,21)/b12-10+. The van der Waals surface area contributed by atoms with Crippen LogP contribution >= 0.6 is 0 Å². The quantitative estimate of drug-likeness (QED) is 0.726. The smallest absolute Gasteiger partial charge is 0.331 e. The van der Waals surface area contributed by atoms with Crippen molar-refractivity contribution in [1.82, 2.24) is 4.57 Å². The second kappa shape index (κ2) is 5.09. The Morgan fingerprint density at radius 3 is 2.57 bits per heavy atom. The Hall–Kier alpha value is -2.55. The van der Waals surface area contributed by atoms with Gasteiger partial charge in [0.05, 0.1) is 0 Å². The van der Waals surface area contributed by atoms with E-state index in [1.807, 2.05) is 18.2 Å². The minimum Gasteiger partial charge on any atom is -0.478 e. The molecule has 1 N–H and O–H groups in total. The lowest BCUT2D eigenvalue weighted by Gasteiger charge is -2.03. The molecule has 3 heteroatoms. The fourth-order valence-electron chi connectivity index (χ4n) is 2.81. The minimum absolute atomic E-state index is 0.341. The van der Waals surface area contributed by atoms with Crippen LogP contribution in [0.1, 0.15) is 19.4 Å². The van der Waals surface area contributed by atoms with Gasteiger partial charge in [0.2, 0.25) is 0 Å². The summed E-state index contributed by atoms with van der Waals surface area (Å²) in [4.78, 5) is 11.0. The molecule has 0 amide bonds. The van der Waals surface area contributed by atoms with Crippen LogP contribution in [-0.2, 0) is 11.3 Å². The lowest BCUT2D eigenvalue weighted by atomic mass is 10.1. The van der Waals surface area contributed by atoms with E-state index in [4.69, 9.17) is 5.11 Å². The van der Waals surface area contributed by atoms with Gasteiger partial charge in [-0.1, -0.05) is 24.3 Å². The normalized spacial score (nSPS) is 12.2. The van der Waals surface area contributed by atoms with Gasteiger partial charge in [-0.3, -0.25) is 0 Å². The number of aliphatic carboxylic acids is 1. The second-order valence-corrected chi connectivity index (χ2v) is 5.17. The van der Waals surface area contributed by atoms with E-state index in [-0.39, 0.29) is 0 Å². The number of benzene rings is 2. The summed E-state index contributed by atoms with van der Waals surface area (Å²) >= 11 is 0. The molecule has 0 saturated carbocycles. The second-order valence-electron chi connectivity index (χ2n) is 5.17. The Morgan fingerprint density at radius 2 is 1.86 bits per heavy atom. The molecule has 0 fully saturated rings. The number of fused-ring (bicyclic) bond motifs is 3. The molecule has 0 radical (unpaired) electrons. The van der Waals surface area contributed by atoms with E-state index in [2.05, 4.69) is 35.8 Å². The average molecular weight is 279 g/mol. The Kier molecular flexibility index (Phi) is 3.26. The maximum absolute atomic E-state index is 11.0. The molecule has 0 saturated heterocycles. The molecule has 3 nitrogen and oxygen atoms in total. The number of aryl methyl sites for hydroxylation is 1. The molecule has 0 aliphatic carbocycles. The van der Waals surface area contributed by atoms with Crippen LogP contribution in [-0.4, -0.2) is 15.6 Å². The van der Waals surface area contributed by atoms with Crippen LogP contribution in [0.15, 0.2) is 48.0 Å². The SMILES string of the molecule is CCn1c2ccccc2c2cc(/C=C(\C)C(=O)O)ccc21. The largest absolute Gasteiger partial charge is 0.478 e. The van der Waals surface area contributed by atoms with Crippen molar-refractivity contribution in [2.24, 2.45) is 0 Å². The van der Waals surface area contributed by atoms with E-state index in [1.165, 1.54) is 21.8 Å². The van der Waals surface area contributed by atoms with Crippen molar-refractivity contribution in [1.29, 1.82) is 0 Å². The number of para-hydroxylation sites is 1. The summed E-state index contributed by atoms with van der Waals surface area (Å²) in [6, 6.07) is 14.4. The number of carboxylic acid groups (broad SMARTS) is 1.